The normalized spacial score (nSPS) is 16.5. The van der Waals surface area contributed by atoms with Crippen LogP contribution in [0.5, 0.6) is 0 Å². The van der Waals surface area contributed by atoms with Crippen molar-refractivity contribution in [2.45, 2.75) is 52.5 Å². The number of ketones is 1. The fourth-order valence-electron chi connectivity index (χ4n) is 1.47. The minimum atomic E-state index is -0.743. The number of aliphatic carboxylic acids is 1. The van der Waals surface area contributed by atoms with Gasteiger partial charge >= 0.3 is 5.97 Å². The first-order valence-corrected chi connectivity index (χ1v) is 5.83. The molecule has 0 aromatic carbocycles. The molecule has 3 N–H and O–H groups in total. The van der Waals surface area contributed by atoms with E-state index >= 15 is 0 Å². The highest BCUT2D eigenvalue weighted by atomic mass is 16.4. The molecule has 0 aliphatic carbocycles. The first-order valence-electron chi connectivity index (χ1n) is 5.83. The number of carboxylic acids is 1. The molecule has 4 heteroatoms. The molecular formula is C12H23NO3. The van der Waals surface area contributed by atoms with Crippen molar-refractivity contribution < 1.29 is 14.7 Å². The molecular weight excluding hydrogens is 206 g/mol. The van der Waals surface area contributed by atoms with Gasteiger partial charge in [-0.05, 0) is 38.5 Å². The third-order valence-electron chi connectivity index (χ3n) is 3.01. The number of hydrogen-bond acceptors (Lipinski definition) is 3. The van der Waals surface area contributed by atoms with Gasteiger partial charge in [-0.3, -0.25) is 9.59 Å². The van der Waals surface area contributed by atoms with Crippen LogP contribution in [0.15, 0.2) is 0 Å². The van der Waals surface area contributed by atoms with Gasteiger partial charge in [0.15, 0.2) is 0 Å². The van der Waals surface area contributed by atoms with E-state index in [0.29, 0.717) is 18.8 Å². The lowest BCUT2D eigenvalue weighted by atomic mass is 9.93. The molecule has 0 aromatic heterocycles. The van der Waals surface area contributed by atoms with Crippen molar-refractivity contribution in [2.75, 3.05) is 0 Å². The van der Waals surface area contributed by atoms with Gasteiger partial charge in [-0.1, -0.05) is 13.8 Å². The zero-order valence-electron chi connectivity index (χ0n) is 10.4. The minimum absolute atomic E-state index is 0.0195. The number of Topliss-reactive ketones (excluding diaryl/α,β-unsaturated/α-hetero) is 1. The molecule has 0 aliphatic rings. The summed E-state index contributed by atoms with van der Waals surface area (Å²) in [6, 6.07) is -0.362. The molecule has 0 aromatic rings. The summed E-state index contributed by atoms with van der Waals surface area (Å²) in [5, 5.41) is 8.72. The summed E-state index contributed by atoms with van der Waals surface area (Å²) in [4.78, 5) is 21.5. The quantitative estimate of drug-likeness (QED) is 0.665. The van der Waals surface area contributed by atoms with Gasteiger partial charge in [0.25, 0.3) is 0 Å². The van der Waals surface area contributed by atoms with Crippen molar-refractivity contribution in [3.05, 3.63) is 0 Å². The van der Waals surface area contributed by atoms with Crippen LogP contribution in [0.1, 0.15) is 46.5 Å². The van der Waals surface area contributed by atoms with Crippen LogP contribution in [0.4, 0.5) is 0 Å². The number of carbonyl (C=O) groups excluding carboxylic acids is 1. The summed E-state index contributed by atoms with van der Waals surface area (Å²) in [5.74, 6) is -0.588. The standard InChI is InChI=1S/C12H23NO3/c1-8(4-6-9(2)12(15)16)5-7-11(13)10(3)14/h8-9,11H,4-7,13H2,1-3H3,(H,15,16)/t8?,9-,11-/m0/s1. The van der Waals surface area contributed by atoms with Gasteiger partial charge in [0.1, 0.15) is 5.78 Å². The summed E-state index contributed by atoms with van der Waals surface area (Å²) < 4.78 is 0. The van der Waals surface area contributed by atoms with E-state index in [1.165, 1.54) is 6.92 Å². The molecule has 4 nitrogen and oxygen atoms in total. The van der Waals surface area contributed by atoms with Gasteiger partial charge in [0.05, 0.1) is 12.0 Å². The maximum Gasteiger partial charge on any atom is 0.306 e. The lowest BCUT2D eigenvalue weighted by Gasteiger charge is -2.14. The predicted molar refractivity (Wildman–Crippen MR) is 63.1 cm³/mol. The number of carboxylic acid groups (broad SMARTS) is 1. The molecule has 3 atom stereocenters. The van der Waals surface area contributed by atoms with Crippen LogP contribution in [0, 0.1) is 11.8 Å². The summed E-state index contributed by atoms with van der Waals surface area (Å²) in [5.41, 5.74) is 5.63. The Bertz CT molecular complexity index is 216. The third-order valence-corrected chi connectivity index (χ3v) is 3.01. The van der Waals surface area contributed by atoms with Crippen molar-refractivity contribution in [1.29, 1.82) is 0 Å². The number of rotatable bonds is 8. The van der Waals surface area contributed by atoms with Crippen LogP contribution in [0.3, 0.4) is 0 Å². The Kier molecular flexibility index (Phi) is 6.97. The molecule has 0 heterocycles. The summed E-state index contributed by atoms with van der Waals surface area (Å²) >= 11 is 0. The lowest BCUT2D eigenvalue weighted by molar-refractivity contribution is -0.141. The summed E-state index contributed by atoms with van der Waals surface area (Å²) in [6.45, 7) is 5.29. The fourth-order valence-corrected chi connectivity index (χ4v) is 1.47. The van der Waals surface area contributed by atoms with Gasteiger partial charge < -0.3 is 10.8 Å². The van der Waals surface area contributed by atoms with Gasteiger partial charge in [-0.15, -0.1) is 0 Å². The van der Waals surface area contributed by atoms with Gasteiger partial charge in [-0.25, -0.2) is 0 Å². The highest BCUT2D eigenvalue weighted by molar-refractivity contribution is 5.81. The average Bonchev–Trinajstić information content (AvgIpc) is 2.21. The van der Waals surface area contributed by atoms with E-state index in [1.807, 2.05) is 0 Å². The smallest absolute Gasteiger partial charge is 0.306 e. The van der Waals surface area contributed by atoms with Crippen molar-refractivity contribution in [3.8, 4) is 0 Å². The third kappa shape index (κ3) is 6.56. The largest absolute Gasteiger partial charge is 0.481 e. The first-order chi connectivity index (χ1) is 7.34. The number of carbonyl (C=O) groups is 2. The SMILES string of the molecule is CC(=O)[C@@H](N)CCC(C)CC[C@H](C)C(=O)O. The Balaban J connectivity index is 3.70. The second-order valence-electron chi connectivity index (χ2n) is 4.72. The Morgan fingerprint density at radius 1 is 1.12 bits per heavy atom. The minimum Gasteiger partial charge on any atom is -0.481 e. The number of hydrogen-bond donors (Lipinski definition) is 2. The molecule has 94 valence electrons. The van der Waals surface area contributed by atoms with Gasteiger partial charge in [-0.2, -0.15) is 0 Å². The van der Waals surface area contributed by atoms with Crippen molar-refractivity contribution in [2.24, 2.45) is 17.6 Å². The van der Waals surface area contributed by atoms with Crippen LogP contribution < -0.4 is 5.73 Å². The summed E-state index contributed by atoms with van der Waals surface area (Å²) in [6.07, 6.45) is 3.13. The molecule has 16 heavy (non-hydrogen) atoms. The van der Waals surface area contributed by atoms with Crippen LogP contribution >= 0.6 is 0 Å². The van der Waals surface area contributed by atoms with Crippen LogP contribution in [0.25, 0.3) is 0 Å². The zero-order chi connectivity index (χ0) is 12.7. The molecule has 0 radical (unpaired) electrons. The molecule has 0 fully saturated rings. The molecule has 0 amide bonds. The van der Waals surface area contributed by atoms with E-state index in [-0.39, 0.29) is 17.7 Å². The van der Waals surface area contributed by atoms with E-state index in [0.717, 1.165) is 12.8 Å². The van der Waals surface area contributed by atoms with E-state index < -0.39 is 5.97 Å². The highest BCUT2D eigenvalue weighted by Gasteiger charge is 2.14. The fraction of sp³-hybridized carbons (Fsp3) is 0.833. The highest BCUT2D eigenvalue weighted by Crippen LogP contribution is 2.17. The van der Waals surface area contributed by atoms with Gasteiger partial charge in [0, 0.05) is 0 Å². The van der Waals surface area contributed by atoms with Crippen molar-refractivity contribution in [3.63, 3.8) is 0 Å². The molecule has 0 saturated carbocycles. The van der Waals surface area contributed by atoms with E-state index in [4.69, 9.17) is 10.8 Å². The summed E-state index contributed by atoms with van der Waals surface area (Å²) in [7, 11) is 0. The van der Waals surface area contributed by atoms with Crippen molar-refractivity contribution >= 4 is 11.8 Å². The van der Waals surface area contributed by atoms with Crippen LogP contribution in [0.2, 0.25) is 0 Å². The Hall–Kier alpha value is -0.900. The predicted octanol–water partition coefficient (Wildman–Crippen LogP) is 1.82. The van der Waals surface area contributed by atoms with Gasteiger partial charge in [0.2, 0.25) is 0 Å². The monoisotopic (exact) mass is 229 g/mol. The lowest BCUT2D eigenvalue weighted by Crippen LogP contribution is -2.28. The molecule has 1 unspecified atom stereocenters. The molecule has 0 aliphatic heterocycles. The zero-order valence-corrected chi connectivity index (χ0v) is 10.4. The molecule has 0 spiro atoms. The topological polar surface area (TPSA) is 80.4 Å². The Morgan fingerprint density at radius 2 is 1.62 bits per heavy atom. The maximum atomic E-state index is 10.9. The van der Waals surface area contributed by atoms with Crippen molar-refractivity contribution in [1.82, 2.24) is 0 Å². The Labute approximate surface area is 97.2 Å². The van der Waals surface area contributed by atoms with Crippen LogP contribution in [-0.2, 0) is 9.59 Å². The maximum absolute atomic E-state index is 10.9. The van der Waals surface area contributed by atoms with Crippen LogP contribution in [-0.4, -0.2) is 22.9 Å². The molecule has 0 saturated heterocycles. The average molecular weight is 229 g/mol. The van der Waals surface area contributed by atoms with E-state index in [2.05, 4.69) is 6.92 Å². The Morgan fingerprint density at radius 3 is 2.06 bits per heavy atom. The second-order valence-corrected chi connectivity index (χ2v) is 4.72. The van der Waals surface area contributed by atoms with E-state index in [9.17, 15) is 9.59 Å². The first kappa shape index (κ1) is 15.1. The van der Waals surface area contributed by atoms with E-state index in [1.54, 1.807) is 6.92 Å². The molecule has 0 rings (SSSR count). The molecule has 0 bridgehead atoms. The second kappa shape index (κ2) is 7.39. The number of nitrogens with two attached hydrogens (primary N) is 1.